The first kappa shape index (κ1) is 22.0. The number of H-pyrrole nitrogens is 1. The highest BCUT2D eigenvalue weighted by Crippen LogP contribution is 2.31. The summed E-state index contributed by atoms with van der Waals surface area (Å²) in [5.41, 5.74) is 4.38. The summed E-state index contributed by atoms with van der Waals surface area (Å²) in [6, 6.07) is 27.1. The number of nitrogens with zero attached hydrogens (tertiary/aromatic N) is 6. The van der Waals surface area contributed by atoms with Gasteiger partial charge in [0, 0.05) is 16.9 Å². The number of unbranched alkanes of at least 4 members (excludes halogenated alkanes) is 1. The van der Waals surface area contributed by atoms with E-state index < -0.39 is 0 Å². The van der Waals surface area contributed by atoms with Crippen molar-refractivity contribution >= 4 is 11.8 Å². The van der Waals surface area contributed by atoms with E-state index >= 15 is 0 Å². The molecule has 0 atom stereocenters. The maximum atomic E-state index is 4.52. The summed E-state index contributed by atoms with van der Waals surface area (Å²) in [5.74, 6) is 1.69. The number of tetrazole rings is 1. The highest BCUT2D eigenvalue weighted by molar-refractivity contribution is 7.99. The van der Waals surface area contributed by atoms with Crippen molar-refractivity contribution in [3.8, 4) is 22.5 Å². The largest absolute Gasteiger partial charge is 0.301 e. The summed E-state index contributed by atoms with van der Waals surface area (Å²) >= 11 is 1.66. The zero-order valence-electron chi connectivity index (χ0n) is 18.9. The summed E-state index contributed by atoms with van der Waals surface area (Å²) in [5, 5.41) is 24.3. The van der Waals surface area contributed by atoms with E-state index in [9.17, 15) is 0 Å². The first-order valence-electron chi connectivity index (χ1n) is 11.4. The maximum Gasteiger partial charge on any atom is 0.196 e. The number of aromatic nitrogens is 7. The molecule has 0 spiro atoms. The van der Waals surface area contributed by atoms with Crippen LogP contribution >= 0.6 is 11.8 Å². The average molecular weight is 468 g/mol. The van der Waals surface area contributed by atoms with Gasteiger partial charge in [-0.05, 0) is 57.4 Å². The average Bonchev–Trinajstić information content (AvgIpc) is 3.55. The van der Waals surface area contributed by atoms with Gasteiger partial charge >= 0.3 is 0 Å². The lowest BCUT2D eigenvalue weighted by molar-refractivity contribution is 0.642. The Morgan fingerprint density at radius 2 is 1.59 bits per heavy atom. The van der Waals surface area contributed by atoms with Crippen molar-refractivity contribution in [3.05, 3.63) is 90.3 Å². The molecule has 0 aliphatic carbocycles. The van der Waals surface area contributed by atoms with Crippen LogP contribution in [-0.4, -0.2) is 35.4 Å². The van der Waals surface area contributed by atoms with Crippen molar-refractivity contribution in [2.45, 2.75) is 42.8 Å². The minimum absolute atomic E-state index is 0.660. The van der Waals surface area contributed by atoms with E-state index in [2.05, 4.69) is 84.8 Å². The summed E-state index contributed by atoms with van der Waals surface area (Å²) in [6.45, 7) is 2.93. The van der Waals surface area contributed by atoms with E-state index in [1.807, 2.05) is 36.4 Å². The topological polar surface area (TPSA) is 85.2 Å². The fourth-order valence-corrected chi connectivity index (χ4v) is 4.72. The monoisotopic (exact) mass is 467 g/mol. The lowest BCUT2D eigenvalue weighted by Crippen LogP contribution is -2.07. The summed E-state index contributed by atoms with van der Waals surface area (Å²) in [7, 11) is 0. The van der Waals surface area contributed by atoms with Crippen LogP contribution in [0.3, 0.4) is 0 Å². The number of rotatable bonds is 9. The van der Waals surface area contributed by atoms with Gasteiger partial charge in [-0.25, -0.2) is 5.10 Å². The second-order valence-electron chi connectivity index (χ2n) is 8.00. The fourth-order valence-electron chi connectivity index (χ4n) is 3.85. The molecule has 0 bridgehead atoms. The van der Waals surface area contributed by atoms with Crippen LogP contribution in [0.25, 0.3) is 22.5 Å². The number of benzene rings is 3. The molecule has 0 unspecified atom stereocenters. The summed E-state index contributed by atoms with van der Waals surface area (Å²) < 4.78 is 2.25. The molecule has 0 fully saturated rings. The predicted molar refractivity (Wildman–Crippen MR) is 133 cm³/mol. The third-order valence-electron chi connectivity index (χ3n) is 5.63. The molecule has 0 radical (unpaired) electrons. The van der Waals surface area contributed by atoms with Crippen LogP contribution in [0.1, 0.15) is 31.2 Å². The van der Waals surface area contributed by atoms with Crippen molar-refractivity contribution in [1.82, 2.24) is 35.4 Å². The Morgan fingerprint density at radius 1 is 0.824 bits per heavy atom. The molecule has 5 aromatic rings. The third-order valence-corrected chi connectivity index (χ3v) is 6.63. The minimum atomic E-state index is 0.660. The molecule has 0 aliphatic heterocycles. The smallest absolute Gasteiger partial charge is 0.196 e. The van der Waals surface area contributed by atoms with Crippen LogP contribution in [0, 0.1) is 0 Å². The van der Waals surface area contributed by atoms with Gasteiger partial charge in [-0.2, -0.15) is 0 Å². The maximum absolute atomic E-state index is 4.52. The molecule has 8 heteroatoms. The number of hydrogen-bond donors (Lipinski definition) is 1. The first-order valence-corrected chi connectivity index (χ1v) is 12.2. The zero-order chi connectivity index (χ0) is 23.2. The molecule has 3 aromatic carbocycles. The van der Waals surface area contributed by atoms with Gasteiger partial charge in [-0.1, -0.05) is 80.1 Å². The van der Waals surface area contributed by atoms with Crippen molar-refractivity contribution in [2.24, 2.45) is 0 Å². The minimum Gasteiger partial charge on any atom is -0.301 e. The number of aryl methyl sites for hydroxylation is 1. The molecule has 1 N–H and O–H groups in total. The van der Waals surface area contributed by atoms with Crippen molar-refractivity contribution in [3.63, 3.8) is 0 Å². The van der Waals surface area contributed by atoms with Crippen LogP contribution in [0.2, 0.25) is 0 Å². The Morgan fingerprint density at radius 3 is 2.32 bits per heavy atom. The normalized spacial score (nSPS) is 11.1. The Balaban J connectivity index is 1.42. The molecule has 170 valence electrons. The standard InChI is InChI=1S/C26H25N7S/c1-2-3-13-24-27-30-26(34-21-9-5-4-6-10-21)33(24)18-19-14-16-20(17-15-19)22-11-7-8-12-23(22)25-28-31-32-29-25/h4-12,14-17H,2-3,13,18H2,1H3,(H,28,29,31,32). The first-order chi connectivity index (χ1) is 16.8. The molecule has 0 saturated heterocycles. The molecule has 34 heavy (non-hydrogen) atoms. The number of nitrogens with one attached hydrogen (secondary N) is 1. The van der Waals surface area contributed by atoms with Crippen LogP contribution in [0.15, 0.2) is 88.9 Å². The Kier molecular flexibility index (Phi) is 6.76. The molecule has 5 rings (SSSR count). The second-order valence-corrected chi connectivity index (χ2v) is 9.04. The lowest BCUT2D eigenvalue weighted by Gasteiger charge is -2.12. The summed E-state index contributed by atoms with van der Waals surface area (Å²) in [4.78, 5) is 1.16. The highest BCUT2D eigenvalue weighted by atomic mass is 32.2. The van der Waals surface area contributed by atoms with Crippen LogP contribution in [0.5, 0.6) is 0 Å². The van der Waals surface area contributed by atoms with Gasteiger partial charge in [0.1, 0.15) is 5.82 Å². The van der Waals surface area contributed by atoms with Gasteiger partial charge in [-0.15, -0.1) is 15.3 Å². The van der Waals surface area contributed by atoms with Crippen LogP contribution in [0.4, 0.5) is 0 Å². The summed E-state index contributed by atoms with van der Waals surface area (Å²) in [6.07, 6.45) is 3.15. The van der Waals surface area contributed by atoms with Gasteiger partial charge in [0.05, 0.1) is 6.54 Å². The molecular formula is C26H25N7S. The van der Waals surface area contributed by atoms with E-state index in [1.54, 1.807) is 11.8 Å². The zero-order valence-corrected chi connectivity index (χ0v) is 19.7. The molecular weight excluding hydrogens is 442 g/mol. The molecule has 0 saturated carbocycles. The molecule has 2 aromatic heterocycles. The fraction of sp³-hybridized carbons (Fsp3) is 0.192. The van der Waals surface area contributed by atoms with E-state index in [0.29, 0.717) is 5.82 Å². The van der Waals surface area contributed by atoms with Crippen molar-refractivity contribution < 1.29 is 0 Å². The van der Waals surface area contributed by atoms with Gasteiger partial charge < -0.3 is 4.57 Å². The van der Waals surface area contributed by atoms with Gasteiger partial charge in [0.25, 0.3) is 0 Å². The Bertz CT molecular complexity index is 1330. The second kappa shape index (κ2) is 10.4. The number of hydrogen-bond acceptors (Lipinski definition) is 6. The van der Waals surface area contributed by atoms with E-state index in [0.717, 1.165) is 58.4 Å². The Labute approximate surface area is 202 Å². The van der Waals surface area contributed by atoms with E-state index in [4.69, 9.17) is 0 Å². The van der Waals surface area contributed by atoms with Gasteiger partial charge in [-0.3, -0.25) is 0 Å². The highest BCUT2D eigenvalue weighted by Gasteiger charge is 2.15. The molecule has 2 heterocycles. The SMILES string of the molecule is CCCCc1nnc(Sc2ccccc2)n1Cc1ccc(-c2ccccc2-c2nnn[nH]2)cc1. The molecule has 0 aliphatic rings. The Hall–Kier alpha value is -3.78. The van der Waals surface area contributed by atoms with E-state index in [1.165, 1.54) is 5.56 Å². The third kappa shape index (κ3) is 4.92. The molecule has 7 nitrogen and oxygen atoms in total. The number of aromatic amines is 1. The van der Waals surface area contributed by atoms with Gasteiger partial charge in [0.2, 0.25) is 0 Å². The predicted octanol–water partition coefficient (Wildman–Crippen LogP) is 5.67. The van der Waals surface area contributed by atoms with Gasteiger partial charge in [0.15, 0.2) is 11.0 Å². The quantitative estimate of drug-likeness (QED) is 0.301. The van der Waals surface area contributed by atoms with Crippen molar-refractivity contribution in [1.29, 1.82) is 0 Å². The molecule has 0 amide bonds. The van der Waals surface area contributed by atoms with Crippen LogP contribution in [-0.2, 0) is 13.0 Å². The van der Waals surface area contributed by atoms with Crippen LogP contribution < -0.4 is 0 Å². The van der Waals surface area contributed by atoms with E-state index in [-0.39, 0.29) is 0 Å². The van der Waals surface area contributed by atoms with Crippen molar-refractivity contribution in [2.75, 3.05) is 0 Å². The lowest BCUT2D eigenvalue weighted by atomic mass is 9.98.